The predicted molar refractivity (Wildman–Crippen MR) is 99.6 cm³/mol. The van der Waals surface area contributed by atoms with Crippen LogP contribution < -0.4 is 10.0 Å². The van der Waals surface area contributed by atoms with Crippen LogP contribution in [0.4, 0.5) is 0 Å². The summed E-state index contributed by atoms with van der Waals surface area (Å²) in [7, 11) is 0. The Morgan fingerprint density at radius 3 is 2.54 bits per heavy atom. The summed E-state index contributed by atoms with van der Waals surface area (Å²) in [6.45, 7) is 2.06. The van der Waals surface area contributed by atoms with Gasteiger partial charge in [-0.05, 0) is 48.4 Å². The first-order valence-corrected chi connectivity index (χ1v) is 9.58. The van der Waals surface area contributed by atoms with E-state index in [-0.39, 0.29) is 17.6 Å². The summed E-state index contributed by atoms with van der Waals surface area (Å²) in [5, 5.41) is 14.8. The van der Waals surface area contributed by atoms with Crippen molar-refractivity contribution in [3.05, 3.63) is 65.0 Å². The average Bonchev–Trinajstić information content (AvgIpc) is 3.20. The highest BCUT2D eigenvalue weighted by Gasteiger charge is 2.19. The number of nitrogens with one attached hydrogen (secondary N) is 1. The summed E-state index contributed by atoms with van der Waals surface area (Å²) < 4.78 is 0.744. The van der Waals surface area contributed by atoms with Gasteiger partial charge in [0.2, 0.25) is 5.91 Å². The topological polar surface area (TPSA) is 76.3 Å². The maximum absolute atomic E-state index is 12.3. The fourth-order valence-corrected chi connectivity index (χ4v) is 3.53. The van der Waals surface area contributed by atoms with Gasteiger partial charge in [-0.1, -0.05) is 12.1 Å². The average molecular weight is 371 g/mol. The van der Waals surface area contributed by atoms with Crippen LogP contribution in [0.1, 0.15) is 28.8 Å². The summed E-state index contributed by atoms with van der Waals surface area (Å²) >= 11 is 1.20. The van der Waals surface area contributed by atoms with Crippen LogP contribution in [0.15, 0.2) is 53.7 Å². The number of carbonyl (C=O) groups is 2. The third-order valence-electron chi connectivity index (χ3n) is 4.22. The first kappa shape index (κ1) is 18.3. The van der Waals surface area contributed by atoms with Gasteiger partial charge in [-0.25, -0.2) is 0 Å². The summed E-state index contributed by atoms with van der Waals surface area (Å²) in [4.78, 5) is 26.1. The molecule has 1 aromatic heterocycles. The van der Waals surface area contributed by atoms with E-state index in [1.54, 1.807) is 30.3 Å². The van der Waals surface area contributed by atoms with Crippen molar-refractivity contribution < 1.29 is 14.3 Å². The molecule has 1 aromatic carbocycles. The monoisotopic (exact) mass is 371 g/mol. The number of benzene rings is 1. The minimum absolute atomic E-state index is 0.0725. The maximum Gasteiger partial charge on any atom is 0.253 e. The van der Waals surface area contributed by atoms with Crippen LogP contribution in [0.3, 0.4) is 0 Å². The Balaban J connectivity index is 1.46. The normalized spacial score (nSPS) is 13.6. The number of likely N-dealkylation sites (tertiary alicyclic amines) is 1. The van der Waals surface area contributed by atoms with Crippen molar-refractivity contribution in [2.75, 3.05) is 18.8 Å². The molecule has 2 aromatic rings. The highest BCUT2D eigenvalue weighted by atomic mass is 32.2. The van der Waals surface area contributed by atoms with E-state index in [2.05, 4.69) is 5.32 Å². The van der Waals surface area contributed by atoms with Crippen molar-refractivity contribution >= 4 is 23.6 Å². The van der Waals surface area contributed by atoms with Crippen LogP contribution in [0.25, 0.3) is 0 Å². The zero-order valence-corrected chi connectivity index (χ0v) is 15.2. The zero-order chi connectivity index (χ0) is 18.4. The Morgan fingerprint density at radius 2 is 1.85 bits per heavy atom. The lowest BCUT2D eigenvalue weighted by atomic mass is 10.1. The van der Waals surface area contributed by atoms with Crippen LogP contribution >= 0.6 is 11.8 Å². The van der Waals surface area contributed by atoms with E-state index in [9.17, 15) is 14.8 Å². The van der Waals surface area contributed by atoms with Gasteiger partial charge in [0.1, 0.15) is 0 Å². The van der Waals surface area contributed by atoms with Crippen molar-refractivity contribution in [3.8, 4) is 0 Å². The molecule has 0 bridgehead atoms. The molecular formula is C19H21N3O3S. The SMILES string of the molecule is O=C(CSc1cccc[n+]1[O-])NCc1ccc(C(=O)N2CCCC2)cc1. The number of hydrogen-bond donors (Lipinski definition) is 1. The Kier molecular flexibility index (Phi) is 6.12. The largest absolute Gasteiger partial charge is 0.618 e. The van der Waals surface area contributed by atoms with Crippen LogP contribution in [0, 0.1) is 5.21 Å². The van der Waals surface area contributed by atoms with E-state index < -0.39 is 0 Å². The van der Waals surface area contributed by atoms with Crippen LogP contribution in [-0.2, 0) is 11.3 Å². The standard InChI is InChI=1S/C19H21N3O3S/c23-17(14-26-18-5-1-2-12-22(18)25)20-13-15-6-8-16(9-7-15)19(24)21-10-3-4-11-21/h1-2,5-9,12H,3-4,10-11,13-14H2,(H,20,23). The van der Waals surface area contributed by atoms with Crippen molar-refractivity contribution in [3.63, 3.8) is 0 Å². The molecule has 1 aliphatic rings. The Bertz CT molecular complexity index is 774. The smallest absolute Gasteiger partial charge is 0.253 e. The lowest BCUT2D eigenvalue weighted by Crippen LogP contribution is -2.30. The molecule has 26 heavy (non-hydrogen) atoms. The zero-order valence-electron chi connectivity index (χ0n) is 14.4. The number of pyridine rings is 1. The van der Waals surface area contributed by atoms with Gasteiger partial charge in [-0.2, -0.15) is 4.73 Å². The van der Waals surface area contributed by atoms with Gasteiger partial charge >= 0.3 is 0 Å². The first-order valence-electron chi connectivity index (χ1n) is 8.59. The van der Waals surface area contributed by atoms with E-state index in [1.807, 2.05) is 17.0 Å². The summed E-state index contributed by atoms with van der Waals surface area (Å²) in [5.41, 5.74) is 1.61. The molecule has 2 heterocycles. The van der Waals surface area contributed by atoms with Gasteiger partial charge in [0.15, 0.2) is 6.20 Å². The third kappa shape index (κ3) is 4.76. The van der Waals surface area contributed by atoms with Crippen molar-refractivity contribution in [2.24, 2.45) is 0 Å². The molecule has 3 rings (SSSR count). The second-order valence-electron chi connectivity index (χ2n) is 6.13. The quantitative estimate of drug-likeness (QED) is 0.478. The molecule has 1 fully saturated rings. The van der Waals surface area contributed by atoms with E-state index in [0.717, 1.165) is 36.2 Å². The molecule has 1 N–H and O–H groups in total. The molecule has 0 aliphatic carbocycles. The van der Waals surface area contributed by atoms with Gasteiger partial charge in [-0.15, -0.1) is 0 Å². The number of hydrogen-bond acceptors (Lipinski definition) is 4. The molecule has 0 atom stereocenters. The van der Waals surface area contributed by atoms with E-state index in [4.69, 9.17) is 0 Å². The molecule has 0 unspecified atom stereocenters. The Hall–Kier alpha value is -2.54. The number of amides is 2. The predicted octanol–water partition coefficient (Wildman–Crippen LogP) is 1.96. The fraction of sp³-hybridized carbons (Fsp3) is 0.316. The second kappa shape index (κ2) is 8.71. The number of aromatic nitrogens is 1. The van der Waals surface area contributed by atoms with Gasteiger partial charge in [0.05, 0.1) is 5.75 Å². The van der Waals surface area contributed by atoms with Crippen LogP contribution in [0.2, 0.25) is 0 Å². The highest BCUT2D eigenvalue weighted by Crippen LogP contribution is 2.14. The molecular weight excluding hydrogens is 350 g/mol. The molecule has 2 amide bonds. The fourth-order valence-electron chi connectivity index (χ4n) is 2.78. The van der Waals surface area contributed by atoms with Crippen molar-refractivity contribution in [1.29, 1.82) is 0 Å². The summed E-state index contributed by atoms with van der Waals surface area (Å²) in [6, 6.07) is 12.4. The van der Waals surface area contributed by atoms with Crippen molar-refractivity contribution in [1.82, 2.24) is 10.2 Å². The Labute approximate surface area is 156 Å². The minimum atomic E-state index is -0.143. The van der Waals surface area contributed by atoms with E-state index >= 15 is 0 Å². The minimum Gasteiger partial charge on any atom is -0.618 e. The molecule has 0 spiro atoms. The van der Waals surface area contributed by atoms with E-state index in [1.165, 1.54) is 18.0 Å². The third-order valence-corrected chi connectivity index (χ3v) is 5.24. The van der Waals surface area contributed by atoms with Gasteiger partial charge in [0, 0.05) is 37.3 Å². The van der Waals surface area contributed by atoms with Crippen molar-refractivity contribution in [2.45, 2.75) is 24.4 Å². The molecule has 1 saturated heterocycles. The number of rotatable bonds is 6. The molecule has 0 saturated carbocycles. The van der Waals surface area contributed by atoms with Crippen LogP contribution in [-0.4, -0.2) is 35.6 Å². The number of nitrogens with zero attached hydrogens (tertiary/aromatic N) is 2. The van der Waals surface area contributed by atoms with Gasteiger partial charge < -0.3 is 15.4 Å². The number of carbonyl (C=O) groups excluding carboxylic acids is 2. The summed E-state index contributed by atoms with van der Waals surface area (Å²) in [6.07, 6.45) is 3.55. The Morgan fingerprint density at radius 1 is 1.12 bits per heavy atom. The first-order chi connectivity index (χ1) is 12.6. The van der Waals surface area contributed by atoms with E-state index in [0.29, 0.717) is 17.1 Å². The second-order valence-corrected chi connectivity index (χ2v) is 7.12. The summed E-state index contributed by atoms with van der Waals surface area (Å²) in [5.74, 6) is 0.108. The molecule has 6 nitrogen and oxygen atoms in total. The lowest BCUT2D eigenvalue weighted by molar-refractivity contribution is -0.645. The van der Waals surface area contributed by atoms with Gasteiger partial charge in [0.25, 0.3) is 10.9 Å². The molecule has 7 heteroatoms. The highest BCUT2D eigenvalue weighted by molar-refractivity contribution is 7.99. The maximum atomic E-state index is 12.3. The molecule has 0 radical (unpaired) electrons. The van der Waals surface area contributed by atoms with Crippen LogP contribution in [0.5, 0.6) is 0 Å². The molecule has 136 valence electrons. The molecule has 1 aliphatic heterocycles. The lowest BCUT2D eigenvalue weighted by Gasteiger charge is -2.15. The van der Waals surface area contributed by atoms with Gasteiger partial charge in [-0.3, -0.25) is 9.59 Å². The number of thioether (sulfide) groups is 1.